The molecule has 0 saturated carbocycles. The Bertz CT molecular complexity index is 499. The highest BCUT2D eigenvalue weighted by atomic mass is 35.5. The minimum atomic E-state index is 0.0224. The molecule has 0 radical (unpaired) electrons. The second-order valence-electron chi connectivity index (χ2n) is 5.89. The van der Waals surface area contributed by atoms with Crippen LogP contribution in [0.15, 0.2) is 18.2 Å². The van der Waals surface area contributed by atoms with Crippen LogP contribution >= 0.6 is 23.2 Å². The lowest BCUT2D eigenvalue weighted by molar-refractivity contribution is 0.0661. The molecule has 1 N–H and O–H groups in total. The molecule has 1 aromatic carbocycles. The van der Waals surface area contributed by atoms with Crippen LogP contribution in [0.25, 0.3) is 0 Å². The van der Waals surface area contributed by atoms with Crippen molar-refractivity contribution >= 4 is 29.1 Å². The van der Waals surface area contributed by atoms with E-state index in [1.807, 2.05) is 18.7 Å². The second-order valence-corrected chi connectivity index (χ2v) is 6.71. The van der Waals surface area contributed by atoms with Crippen LogP contribution in [-0.2, 0) is 0 Å². The Balaban J connectivity index is 2.12. The van der Waals surface area contributed by atoms with E-state index in [2.05, 4.69) is 5.32 Å². The SMILES string of the molecule is CC(C)N(CC1CCCNC1)C(=O)c1ccc(Cl)c(Cl)c1. The zero-order valence-electron chi connectivity index (χ0n) is 12.5. The largest absolute Gasteiger partial charge is 0.336 e. The third kappa shape index (κ3) is 4.35. The van der Waals surface area contributed by atoms with Crippen LogP contribution < -0.4 is 5.32 Å². The Kier molecular flexibility index (Phi) is 5.91. The van der Waals surface area contributed by atoms with E-state index < -0.39 is 0 Å². The smallest absolute Gasteiger partial charge is 0.254 e. The van der Waals surface area contributed by atoms with Gasteiger partial charge in [-0.2, -0.15) is 0 Å². The molecule has 1 saturated heterocycles. The number of piperidine rings is 1. The number of amides is 1. The summed E-state index contributed by atoms with van der Waals surface area (Å²) >= 11 is 11.9. The van der Waals surface area contributed by atoms with Crippen molar-refractivity contribution < 1.29 is 4.79 Å². The van der Waals surface area contributed by atoms with Crippen molar-refractivity contribution in [1.82, 2.24) is 10.2 Å². The van der Waals surface area contributed by atoms with Gasteiger partial charge in [0.05, 0.1) is 10.0 Å². The Morgan fingerprint density at radius 2 is 2.14 bits per heavy atom. The molecule has 1 atom stereocenters. The molecule has 116 valence electrons. The number of hydrogen-bond acceptors (Lipinski definition) is 2. The third-order valence-electron chi connectivity index (χ3n) is 3.90. The topological polar surface area (TPSA) is 32.3 Å². The van der Waals surface area contributed by atoms with Gasteiger partial charge in [0.25, 0.3) is 5.91 Å². The fraction of sp³-hybridized carbons (Fsp3) is 0.562. The fourth-order valence-electron chi connectivity index (χ4n) is 2.68. The van der Waals surface area contributed by atoms with E-state index in [0.29, 0.717) is 21.5 Å². The van der Waals surface area contributed by atoms with Crippen molar-refractivity contribution in [2.24, 2.45) is 5.92 Å². The number of nitrogens with zero attached hydrogens (tertiary/aromatic N) is 1. The predicted octanol–water partition coefficient (Wildman–Crippen LogP) is 3.84. The number of hydrogen-bond donors (Lipinski definition) is 1. The van der Waals surface area contributed by atoms with Gasteiger partial charge in [-0.1, -0.05) is 23.2 Å². The van der Waals surface area contributed by atoms with Gasteiger partial charge in [0.2, 0.25) is 0 Å². The van der Waals surface area contributed by atoms with E-state index >= 15 is 0 Å². The molecule has 1 aliphatic rings. The van der Waals surface area contributed by atoms with Gasteiger partial charge < -0.3 is 10.2 Å². The maximum Gasteiger partial charge on any atom is 0.254 e. The fourth-order valence-corrected chi connectivity index (χ4v) is 2.98. The molecule has 21 heavy (non-hydrogen) atoms. The van der Waals surface area contributed by atoms with Crippen LogP contribution in [0, 0.1) is 5.92 Å². The van der Waals surface area contributed by atoms with E-state index in [1.165, 1.54) is 12.8 Å². The molecule has 0 aliphatic carbocycles. The first-order valence-electron chi connectivity index (χ1n) is 7.45. The normalized spacial score (nSPS) is 18.8. The molecule has 0 bridgehead atoms. The summed E-state index contributed by atoms with van der Waals surface area (Å²) in [4.78, 5) is 14.7. The van der Waals surface area contributed by atoms with E-state index in [0.717, 1.165) is 19.6 Å². The third-order valence-corrected chi connectivity index (χ3v) is 4.64. The molecule has 5 heteroatoms. The van der Waals surface area contributed by atoms with Gasteiger partial charge in [0.1, 0.15) is 0 Å². The lowest BCUT2D eigenvalue weighted by Gasteiger charge is -2.33. The molecule has 1 unspecified atom stereocenters. The van der Waals surface area contributed by atoms with Gasteiger partial charge in [-0.3, -0.25) is 4.79 Å². The van der Waals surface area contributed by atoms with Crippen LogP contribution in [0.1, 0.15) is 37.0 Å². The molecule has 0 spiro atoms. The van der Waals surface area contributed by atoms with Crippen molar-refractivity contribution in [2.75, 3.05) is 19.6 Å². The molecule has 1 heterocycles. The average Bonchev–Trinajstić information content (AvgIpc) is 2.47. The minimum absolute atomic E-state index is 0.0224. The van der Waals surface area contributed by atoms with Crippen molar-refractivity contribution in [3.63, 3.8) is 0 Å². The molecular formula is C16H22Cl2N2O. The summed E-state index contributed by atoms with van der Waals surface area (Å²) in [5.41, 5.74) is 0.599. The summed E-state index contributed by atoms with van der Waals surface area (Å²) in [5, 5.41) is 4.29. The van der Waals surface area contributed by atoms with Crippen LogP contribution in [0.5, 0.6) is 0 Å². The molecule has 1 aliphatic heterocycles. The summed E-state index contributed by atoms with van der Waals surface area (Å²) in [6, 6.07) is 5.23. The summed E-state index contributed by atoms with van der Waals surface area (Å²) in [6.45, 7) is 6.94. The lowest BCUT2D eigenvalue weighted by atomic mass is 9.98. The average molecular weight is 329 g/mol. The highest BCUT2D eigenvalue weighted by molar-refractivity contribution is 6.42. The Morgan fingerprint density at radius 3 is 2.71 bits per heavy atom. The van der Waals surface area contributed by atoms with Crippen LogP contribution in [-0.4, -0.2) is 36.5 Å². The first kappa shape index (κ1) is 16.6. The van der Waals surface area contributed by atoms with Crippen molar-refractivity contribution in [1.29, 1.82) is 0 Å². The van der Waals surface area contributed by atoms with Gasteiger partial charge in [-0.05, 0) is 63.9 Å². The van der Waals surface area contributed by atoms with Crippen LogP contribution in [0.4, 0.5) is 0 Å². The van der Waals surface area contributed by atoms with Crippen LogP contribution in [0.2, 0.25) is 10.0 Å². The standard InChI is InChI=1S/C16H22Cl2N2O/c1-11(2)20(10-12-4-3-7-19-9-12)16(21)13-5-6-14(17)15(18)8-13/h5-6,8,11-12,19H,3-4,7,9-10H2,1-2H3. The maximum atomic E-state index is 12.7. The van der Waals surface area contributed by atoms with Gasteiger partial charge in [-0.15, -0.1) is 0 Å². The predicted molar refractivity (Wildman–Crippen MR) is 88.2 cm³/mol. The van der Waals surface area contributed by atoms with Gasteiger partial charge in [0.15, 0.2) is 0 Å². The number of halogens is 2. The zero-order valence-corrected chi connectivity index (χ0v) is 14.0. The summed E-state index contributed by atoms with van der Waals surface area (Å²) in [6.07, 6.45) is 2.35. The van der Waals surface area contributed by atoms with E-state index in [4.69, 9.17) is 23.2 Å². The molecule has 1 fully saturated rings. The number of benzene rings is 1. The first-order chi connectivity index (χ1) is 9.99. The number of carbonyl (C=O) groups excluding carboxylic acids is 1. The van der Waals surface area contributed by atoms with E-state index in [-0.39, 0.29) is 11.9 Å². The van der Waals surface area contributed by atoms with E-state index in [9.17, 15) is 4.79 Å². The zero-order chi connectivity index (χ0) is 15.4. The summed E-state index contributed by atoms with van der Waals surface area (Å²) in [5.74, 6) is 0.544. The highest BCUT2D eigenvalue weighted by Crippen LogP contribution is 2.24. The highest BCUT2D eigenvalue weighted by Gasteiger charge is 2.24. The summed E-state index contributed by atoms with van der Waals surface area (Å²) < 4.78 is 0. The number of rotatable bonds is 4. The number of carbonyl (C=O) groups is 1. The molecule has 1 amide bonds. The van der Waals surface area contributed by atoms with Crippen molar-refractivity contribution in [3.05, 3.63) is 33.8 Å². The Hall–Kier alpha value is -0.770. The van der Waals surface area contributed by atoms with Gasteiger partial charge in [-0.25, -0.2) is 0 Å². The van der Waals surface area contributed by atoms with Crippen molar-refractivity contribution in [2.45, 2.75) is 32.7 Å². The Morgan fingerprint density at radius 1 is 1.38 bits per heavy atom. The number of nitrogens with one attached hydrogen (secondary N) is 1. The quantitative estimate of drug-likeness (QED) is 0.910. The van der Waals surface area contributed by atoms with Gasteiger partial charge in [0, 0.05) is 18.2 Å². The molecule has 0 aromatic heterocycles. The summed E-state index contributed by atoms with van der Waals surface area (Å²) in [7, 11) is 0. The van der Waals surface area contributed by atoms with Crippen LogP contribution in [0.3, 0.4) is 0 Å². The lowest BCUT2D eigenvalue weighted by Crippen LogP contribution is -2.44. The first-order valence-corrected chi connectivity index (χ1v) is 8.21. The minimum Gasteiger partial charge on any atom is -0.336 e. The van der Waals surface area contributed by atoms with Gasteiger partial charge >= 0.3 is 0 Å². The molecular weight excluding hydrogens is 307 g/mol. The van der Waals surface area contributed by atoms with E-state index in [1.54, 1.807) is 18.2 Å². The molecule has 1 aromatic rings. The molecule has 2 rings (SSSR count). The monoisotopic (exact) mass is 328 g/mol. The molecule has 3 nitrogen and oxygen atoms in total. The Labute approximate surface area is 136 Å². The maximum absolute atomic E-state index is 12.7. The van der Waals surface area contributed by atoms with Crippen molar-refractivity contribution in [3.8, 4) is 0 Å². The second kappa shape index (κ2) is 7.48.